The topological polar surface area (TPSA) is 49.9 Å². The molecule has 1 saturated carbocycles. The predicted molar refractivity (Wildman–Crippen MR) is 60.2 cm³/mol. The largest absolute Gasteiger partial charge is 0.381 e. The highest BCUT2D eigenvalue weighted by Gasteiger charge is 2.41. The molecule has 1 unspecified atom stereocenters. The molecule has 1 aliphatic carbocycles. The van der Waals surface area contributed by atoms with E-state index in [4.69, 9.17) is 4.74 Å². The van der Waals surface area contributed by atoms with Crippen LogP contribution in [0.25, 0.3) is 0 Å². The van der Waals surface area contributed by atoms with Crippen LogP contribution >= 0.6 is 0 Å². The third-order valence-corrected chi connectivity index (χ3v) is 3.83. The molecule has 0 spiro atoms. The van der Waals surface area contributed by atoms with Gasteiger partial charge in [-0.3, -0.25) is 9.59 Å². The summed E-state index contributed by atoms with van der Waals surface area (Å²) in [6, 6.07) is 0.350. The van der Waals surface area contributed by atoms with Crippen LogP contribution in [0.2, 0.25) is 0 Å². The Kier molecular flexibility index (Phi) is 2.78. The van der Waals surface area contributed by atoms with Gasteiger partial charge in [0, 0.05) is 38.2 Å². The fourth-order valence-electron chi connectivity index (χ4n) is 2.64. The van der Waals surface area contributed by atoms with Gasteiger partial charge in [-0.1, -0.05) is 0 Å². The first-order valence-corrected chi connectivity index (χ1v) is 6.43. The molecular formula is C12H18N2O3. The normalized spacial score (nSPS) is 30.2. The lowest BCUT2D eigenvalue weighted by Crippen LogP contribution is -2.55. The minimum atomic E-state index is -0.310. The average molecular weight is 238 g/mol. The van der Waals surface area contributed by atoms with Gasteiger partial charge in [-0.2, -0.15) is 0 Å². The quantitative estimate of drug-likeness (QED) is 0.643. The first-order chi connectivity index (χ1) is 8.25. The average Bonchev–Trinajstić information content (AvgIpc) is 3.03. The zero-order valence-corrected chi connectivity index (χ0v) is 9.93. The number of hydrogen-bond acceptors (Lipinski definition) is 3. The van der Waals surface area contributed by atoms with Gasteiger partial charge in [0.15, 0.2) is 0 Å². The van der Waals surface area contributed by atoms with Crippen LogP contribution in [0.15, 0.2) is 0 Å². The molecule has 2 amide bonds. The molecule has 2 saturated heterocycles. The summed E-state index contributed by atoms with van der Waals surface area (Å²) in [5.74, 6) is -0.188. The molecule has 0 bridgehead atoms. The van der Waals surface area contributed by atoms with Crippen LogP contribution in [-0.4, -0.2) is 60.5 Å². The smallest absolute Gasteiger partial charge is 0.312 e. The van der Waals surface area contributed by atoms with Crippen LogP contribution in [-0.2, 0) is 14.3 Å². The summed E-state index contributed by atoms with van der Waals surface area (Å²) in [5, 5.41) is 0. The van der Waals surface area contributed by atoms with E-state index in [9.17, 15) is 9.59 Å². The Morgan fingerprint density at radius 3 is 2.59 bits per heavy atom. The molecule has 5 nitrogen and oxygen atoms in total. The summed E-state index contributed by atoms with van der Waals surface area (Å²) in [6.45, 7) is 3.60. The van der Waals surface area contributed by atoms with Gasteiger partial charge >= 0.3 is 11.8 Å². The van der Waals surface area contributed by atoms with Crippen LogP contribution in [0.4, 0.5) is 0 Å². The highest BCUT2D eigenvalue weighted by molar-refractivity contribution is 6.35. The van der Waals surface area contributed by atoms with Crippen molar-refractivity contribution in [1.29, 1.82) is 0 Å². The molecule has 5 heteroatoms. The Hall–Kier alpha value is -1.10. The van der Waals surface area contributed by atoms with Gasteiger partial charge in [0.1, 0.15) is 0 Å². The molecule has 0 radical (unpaired) electrons. The maximum absolute atomic E-state index is 11.9. The zero-order valence-electron chi connectivity index (χ0n) is 9.93. The van der Waals surface area contributed by atoms with Crippen molar-refractivity contribution in [2.75, 3.05) is 32.8 Å². The fraction of sp³-hybridized carbons (Fsp3) is 0.833. The highest BCUT2D eigenvalue weighted by atomic mass is 16.5. The van der Waals surface area contributed by atoms with Gasteiger partial charge in [0.2, 0.25) is 0 Å². The SMILES string of the molecule is O=C1C(=O)N(C2CC2)CCN1CC1CCOC1. The predicted octanol–water partition coefficient (Wildman–Crippen LogP) is -0.144. The molecule has 0 N–H and O–H groups in total. The summed E-state index contributed by atoms with van der Waals surface area (Å²) in [5.41, 5.74) is 0. The number of ether oxygens (including phenoxy) is 1. The van der Waals surface area contributed by atoms with Gasteiger partial charge in [-0.25, -0.2) is 0 Å². The standard InChI is InChI=1S/C12H18N2O3/c15-11-12(16)14(10-1-2-10)5-4-13(11)7-9-3-6-17-8-9/h9-10H,1-8H2. The second-order valence-electron chi connectivity index (χ2n) is 5.21. The molecule has 94 valence electrons. The van der Waals surface area contributed by atoms with Gasteiger partial charge in [0.05, 0.1) is 6.61 Å². The van der Waals surface area contributed by atoms with Crippen molar-refractivity contribution in [2.45, 2.75) is 25.3 Å². The zero-order chi connectivity index (χ0) is 11.8. The number of piperazine rings is 1. The molecule has 17 heavy (non-hydrogen) atoms. The van der Waals surface area contributed by atoms with E-state index in [0.717, 1.165) is 32.5 Å². The van der Waals surface area contributed by atoms with Crippen molar-refractivity contribution in [3.63, 3.8) is 0 Å². The van der Waals surface area contributed by atoms with Crippen LogP contribution in [0.1, 0.15) is 19.3 Å². The summed E-state index contributed by atoms with van der Waals surface area (Å²) >= 11 is 0. The van der Waals surface area contributed by atoms with E-state index in [1.54, 1.807) is 9.80 Å². The number of amides is 2. The summed E-state index contributed by atoms with van der Waals surface area (Å²) < 4.78 is 5.30. The van der Waals surface area contributed by atoms with Crippen LogP contribution < -0.4 is 0 Å². The molecule has 0 aromatic carbocycles. The van der Waals surface area contributed by atoms with E-state index in [-0.39, 0.29) is 11.8 Å². The molecule has 3 fully saturated rings. The number of carbonyl (C=O) groups is 2. The van der Waals surface area contributed by atoms with Gasteiger partial charge in [-0.05, 0) is 19.3 Å². The molecule has 3 aliphatic rings. The van der Waals surface area contributed by atoms with E-state index >= 15 is 0 Å². The van der Waals surface area contributed by atoms with Gasteiger partial charge in [-0.15, -0.1) is 0 Å². The first-order valence-electron chi connectivity index (χ1n) is 6.43. The van der Waals surface area contributed by atoms with Crippen molar-refractivity contribution < 1.29 is 14.3 Å². The molecule has 0 aromatic rings. The first kappa shape index (κ1) is 11.0. The Morgan fingerprint density at radius 2 is 1.94 bits per heavy atom. The number of carbonyl (C=O) groups excluding carboxylic acids is 2. The molecule has 2 heterocycles. The molecular weight excluding hydrogens is 220 g/mol. The monoisotopic (exact) mass is 238 g/mol. The Morgan fingerprint density at radius 1 is 1.12 bits per heavy atom. The third kappa shape index (κ3) is 2.16. The molecule has 2 aliphatic heterocycles. The van der Waals surface area contributed by atoms with Crippen molar-refractivity contribution in [3.8, 4) is 0 Å². The van der Waals surface area contributed by atoms with Gasteiger partial charge in [0.25, 0.3) is 0 Å². The van der Waals surface area contributed by atoms with E-state index in [0.29, 0.717) is 31.6 Å². The second kappa shape index (κ2) is 4.29. The maximum Gasteiger partial charge on any atom is 0.312 e. The Labute approximate surface area is 101 Å². The van der Waals surface area contributed by atoms with E-state index in [2.05, 4.69) is 0 Å². The minimum Gasteiger partial charge on any atom is -0.381 e. The number of rotatable bonds is 3. The minimum absolute atomic E-state index is 0.294. The van der Waals surface area contributed by atoms with Crippen molar-refractivity contribution in [3.05, 3.63) is 0 Å². The van der Waals surface area contributed by atoms with Crippen LogP contribution in [0.5, 0.6) is 0 Å². The lowest BCUT2D eigenvalue weighted by atomic mass is 10.1. The summed E-state index contributed by atoms with van der Waals surface area (Å²) in [4.78, 5) is 27.3. The second-order valence-corrected chi connectivity index (χ2v) is 5.21. The third-order valence-electron chi connectivity index (χ3n) is 3.83. The van der Waals surface area contributed by atoms with E-state index in [1.807, 2.05) is 0 Å². The van der Waals surface area contributed by atoms with Gasteiger partial charge < -0.3 is 14.5 Å². The van der Waals surface area contributed by atoms with E-state index in [1.165, 1.54) is 0 Å². The maximum atomic E-state index is 11.9. The number of nitrogens with zero attached hydrogens (tertiary/aromatic N) is 2. The van der Waals surface area contributed by atoms with Crippen molar-refractivity contribution >= 4 is 11.8 Å². The summed E-state index contributed by atoms with van der Waals surface area (Å²) in [7, 11) is 0. The van der Waals surface area contributed by atoms with Crippen LogP contribution in [0.3, 0.4) is 0 Å². The fourth-order valence-corrected chi connectivity index (χ4v) is 2.64. The van der Waals surface area contributed by atoms with Crippen LogP contribution in [0, 0.1) is 5.92 Å². The lowest BCUT2D eigenvalue weighted by Gasteiger charge is -2.34. The molecule has 0 aromatic heterocycles. The lowest BCUT2D eigenvalue weighted by molar-refractivity contribution is -0.156. The highest BCUT2D eigenvalue weighted by Crippen LogP contribution is 2.28. The number of hydrogen-bond donors (Lipinski definition) is 0. The molecule has 1 atom stereocenters. The van der Waals surface area contributed by atoms with Crippen molar-refractivity contribution in [2.24, 2.45) is 5.92 Å². The van der Waals surface area contributed by atoms with Crippen molar-refractivity contribution in [1.82, 2.24) is 9.80 Å². The Balaban J connectivity index is 1.59. The summed E-state index contributed by atoms with van der Waals surface area (Å²) in [6.07, 6.45) is 3.13. The van der Waals surface area contributed by atoms with E-state index < -0.39 is 0 Å². The Bertz CT molecular complexity index is 335. The molecule has 3 rings (SSSR count).